The molecule has 1 aliphatic heterocycles. The Morgan fingerprint density at radius 3 is 2.05 bits per heavy atom. The van der Waals surface area contributed by atoms with E-state index in [4.69, 9.17) is 0 Å². The Bertz CT molecular complexity index is 627. The maximum atomic E-state index is 11.3. The summed E-state index contributed by atoms with van der Waals surface area (Å²) in [6, 6.07) is 0. The molecule has 1 aliphatic rings. The van der Waals surface area contributed by atoms with Gasteiger partial charge in [-0.1, -0.05) is 0 Å². The quantitative estimate of drug-likeness (QED) is 0.881. The van der Waals surface area contributed by atoms with Crippen molar-refractivity contribution in [2.24, 2.45) is 4.99 Å². The number of hydrogen-bond donors (Lipinski definition) is 2. The van der Waals surface area contributed by atoms with Gasteiger partial charge in [0.2, 0.25) is 0 Å². The number of pyridine rings is 1. The largest absolute Gasteiger partial charge is 0.478 e. The third kappa shape index (κ3) is 2.45. The Hall–Kier alpha value is -2.50. The lowest BCUT2D eigenvalue weighted by Gasteiger charge is -2.18. The Morgan fingerprint density at radius 2 is 1.60 bits per heavy atom. The monoisotopic (exact) mass is 274 g/mol. The first-order valence-corrected chi connectivity index (χ1v) is 6.10. The molecule has 0 aliphatic carbocycles. The highest BCUT2D eigenvalue weighted by Crippen LogP contribution is 2.33. The minimum atomic E-state index is -1.19. The van der Waals surface area contributed by atoms with Gasteiger partial charge in [0.1, 0.15) is 0 Å². The van der Waals surface area contributed by atoms with E-state index < -0.39 is 11.9 Å². The molecule has 2 N–H and O–H groups in total. The van der Waals surface area contributed by atoms with Crippen LogP contribution >= 0.6 is 0 Å². The van der Waals surface area contributed by atoms with Crippen molar-refractivity contribution in [2.45, 2.75) is 26.7 Å². The third-order valence-corrected chi connectivity index (χ3v) is 3.24. The van der Waals surface area contributed by atoms with Gasteiger partial charge in [-0.2, -0.15) is 0 Å². The lowest BCUT2D eigenvalue weighted by Crippen LogP contribution is -2.13. The maximum Gasteiger partial charge on any atom is 0.337 e. The second kappa shape index (κ2) is 5.24. The lowest BCUT2D eigenvalue weighted by atomic mass is 9.90. The number of carbonyl (C=O) groups is 2. The summed E-state index contributed by atoms with van der Waals surface area (Å²) in [7, 11) is 0. The van der Waals surface area contributed by atoms with E-state index in [2.05, 4.69) is 9.98 Å². The Labute approximate surface area is 115 Å². The van der Waals surface area contributed by atoms with Crippen LogP contribution < -0.4 is 0 Å². The molecule has 2 rings (SSSR count). The second-order valence-electron chi connectivity index (χ2n) is 4.63. The molecule has 20 heavy (non-hydrogen) atoms. The lowest BCUT2D eigenvalue weighted by molar-refractivity contribution is 0.0696. The molecule has 0 saturated carbocycles. The van der Waals surface area contributed by atoms with Gasteiger partial charge in [-0.15, -0.1) is 0 Å². The van der Waals surface area contributed by atoms with E-state index in [1.54, 1.807) is 6.92 Å². The fraction of sp³-hybridized carbons (Fsp3) is 0.286. The van der Waals surface area contributed by atoms with Crippen LogP contribution in [0.25, 0.3) is 5.57 Å². The average Bonchev–Trinajstić information content (AvgIpc) is 2.37. The van der Waals surface area contributed by atoms with E-state index >= 15 is 0 Å². The summed E-state index contributed by atoms with van der Waals surface area (Å²) >= 11 is 0. The molecule has 0 saturated heterocycles. The molecule has 0 atom stereocenters. The molecule has 104 valence electrons. The zero-order chi connectivity index (χ0) is 14.9. The normalized spacial score (nSPS) is 15.0. The minimum Gasteiger partial charge on any atom is -0.478 e. The van der Waals surface area contributed by atoms with Gasteiger partial charge in [0, 0.05) is 29.4 Å². The molecule has 6 nitrogen and oxygen atoms in total. The molecule has 0 unspecified atom stereocenters. The second-order valence-corrected chi connectivity index (χ2v) is 4.63. The summed E-state index contributed by atoms with van der Waals surface area (Å²) in [6.07, 6.45) is 3.62. The van der Waals surface area contributed by atoms with Gasteiger partial charge < -0.3 is 10.2 Å². The third-order valence-electron chi connectivity index (χ3n) is 3.24. The van der Waals surface area contributed by atoms with E-state index in [0.29, 0.717) is 24.1 Å². The molecular weight excluding hydrogens is 260 g/mol. The van der Waals surface area contributed by atoms with Crippen LogP contribution in [0.5, 0.6) is 0 Å². The molecule has 1 aromatic rings. The molecule has 0 amide bonds. The van der Waals surface area contributed by atoms with E-state index in [0.717, 1.165) is 5.71 Å². The van der Waals surface area contributed by atoms with Crippen molar-refractivity contribution in [3.8, 4) is 0 Å². The zero-order valence-electron chi connectivity index (χ0n) is 11.2. The highest BCUT2D eigenvalue weighted by Gasteiger charge is 2.24. The highest BCUT2D eigenvalue weighted by molar-refractivity contribution is 6.03. The summed E-state index contributed by atoms with van der Waals surface area (Å²) in [5.74, 6) is -2.38. The number of carboxylic acid groups (broad SMARTS) is 2. The summed E-state index contributed by atoms with van der Waals surface area (Å²) in [5, 5.41) is 18.5. The first-order valence-electron chi connectivity index (χ1n) is 6.10. The molecule has 0 aromatic carbocycles. The molecule has 0 spiro atoms. The van der Waals surface area contributed by atoms with E-state index in [9.17, 15) is 19.8 Å². The maximum absolute atomic E-state index is 11.3. The summed E-state index contributed by atoms with van der Waals surface area (Å²) in [5.41, 5.74) is 2.28. The summed E-state index contributed by atoms with van der Waals surface area (Å²) < 4.78 is 0. The van der Waals surface area contributed by atoms with Crippen LogP contribution in [0.15, 0.2) is 23.1 Å². The Morgan fingerprint density at radius 1 is 1.05 bits per heavy atom. The van der Waals surface area contributed by atoms with Gasteiger partial charge >= 0.3 is 11.9 Å². The number of carboxylic acids is 2. The number of allylic oxidation sites excluding steroid dienone is 2. The van der Waals surface area contributed by atoms with Crippen molar-refractivity contribution in [2.75, 3.05) is 0 Å². The van der Waals surface area contributed by atoms with Crippen LogP contribution in [-0.4, -0.2) is 32.8 Å². The predicted octanol–water partition coefficient (Wildman–Crippen LogP) is 2.46. The molecule has 0 bridgehead atoms. The fourth-order valence-corrected chi connectivity index (χ4v) is 2.31. The molecular formula is C14H14N2O4. The SMILES string of the molecule is CC1=NC(C)=C(c2c(C(=O)O)cncc2C(=O)O)CC1. The molecule has 2 heterocycles. The van der Waals surface area contributed by atoms with Crippen LogP contribution in [0.3, 0.4) is 0 Å². The summed E-state index contributed by atoms with van der Waals surface area (Å²) in [4.78, 5) is 30.7. The predicted molar refractivity (Wildman–Crippen MR) is 73.1 cm³/mol. The number of aromatic nitrogens is 1. The van der Waals surface area contributed by atoms with Gasteiger partial charge in [0.05, 0.1) is 11.1 Å². The molecule has 0 fully saturated rings. The Balaban J connectivity index is 2.75. The van der Waals surface area contributed by atoms with Crippen LogP contribution in [0.2, 0.25) is 0 Å². The van der Waals surface area contributed by atoms with E-state index in [1.807, 2.05) is 6.92 Å². The first-order chi connectivity index (χ1) is 9.41. The van der Waals surface area contributed by atoms with Crippen molar-refractivity contribution in [1.29, 1.82) is 0 Å². The van der Waals surface area contributed by atoms with Crippen LogP contribution in [0.1, 0.15) is 53.0 Å². The molecule has 6 heteroatoms. The molecule has 1 aromatic heterocycles. The number of aliphatic imine (C=N–C) groups is 1. The fourth-order valence-electron chi connectivity index (χ4n) is 2.31. The summed E-state index contributed by atoms with van der Waals surface area (Å²) in [6.45, 7) is 3.65. The first kappa shape index (κ1) is 13.9. The molecule has 0 radical (unpaired) electrons. The topological polar surface area (TPSA) is 99.9 Å². The van der Waals surface area contributed by atoms with Crippen molar-refractivity contribution < 1.29 is 19.8 Å². The minimum absolute atomic E-state index is 0.103. The number of hydrogen-bond acceptors (Lipinski definition) is 4. The zero-order valence-corrected chi connectivity index (χ0v) is 11.2. The van der Waals surface area contributed by atoms with E-state index in [1.165, 1.54) is 12.4 Å². The van der Waals surface area contributed by atoms with Gasteiger partial charge in [-0.05, 0) is 32.3 Å². The standard InChI is InChI=1S/C14H14N2O4/c1-7-3-4-9(8(2)16-7)12-10(13(17)18)5-15-6-11(12)14(19)20/h5-6H,3-4H2,1-2H3,(H,17,18)(H,19,20). The van der Waals surface area contributed by atoms with Crippen molar-refractivity contribution in [1.82, 2.24) is 4.98 Å². The van der Waals surface area contributed by atoms with Gasteiger partial charge in [-0.25, -0.2) is 9.59 Å². The van der Waals surface area contributed by atoms with Crippen molar-refractivity contribution in [3.63, 3.8) is 0 Å². The number of aromatic carboxylic acids is 2. The van der Waals surface area contributed by atoms with E-state index in [-0.39, 0.29) is 16.7 Å². The smallest absolute Gasteiger partial charge is 0.337 e. The van der Waals surface area contributed by atoms with Crippen LogP contribution in [-0.2, 0) is 0 Å². The van der Waals surface area contributed by atoms with Crippen LogP contribution in [0, 0.1) is 0 Å². The van der Waals surface area contributed by atoms with Crippen LogP contribution in [0.4, 0.5) is 0 Å². The van der Waals surface area contributed by atoms with Crippen molar-refractivity contribution >= 4 is 23.2 Å². The number of rotatable bonds is 3. The van der Waals surface area contributed by atoms with Gasteiger partial charge in [0.25, 0.3) is 0 Å². The Kier molecular flexibility index (Phi) is 3.65. The van der Waals surface area contributed by atoms with Crippen molar-refractivity contribution in [3.05, 3.63) is 34.8 Å². The van der Waals surface area contributed by atoms with Gasteiger partial charge in [-0.3, -0.25) is 9.98 Å². The number of nitrogens with zero attached hydrogens (tertiary/aromatic N) is 2. The highest BCUT2D eigenvalue weighted by atomic mass is 16.4. The average molecular weight is 274 g/mol. The van der Waals surface area contributed by atoms with Gasteiger partial charge in [0.15, 0.2) is 0 Å².